The molecule has 7 heteroatoms. The maximum Gasteiger partial charge on any atom is 0.527 e. The van der Waals surface area contributed by atoms with Gasteiger partial charge in [-0.1, -0.05) is 18.2 Å². The van der Waals surface area contributed by atoms with E-state index in [0.29, 0.717) is 5.92 Å². The maximum absolute atomic E-state index is 12.0. The summed E-state index contributed by atoms with van der Waals surface area (Å²) in [5.74, 6) is 2.38. The summed E-state index contributed by atoms with van der Waals surface area (Å²) in [6.45, 7) is -0.144. The third-order valence-electron chi connectivity index (χ3n) is 6.37. The van der Waals surface area contributed by atoms with E-state index in [2.05, 4.69) is 6.08 Å². The van der Waals surface area contributed by atoms with Gasteiger partial charge in [-0.2, -0.15) is 5.26 Å². The number of nitriles is 1. The smallest absolute Gasteiger partial charge is 0.404 e. The van der Waals surface area contributed by atoms with Crippen molar-refractivity contribution in [2.45, 2.75) is 44.1 Å². The number of phosphoric acid groups is 1. The second kappa shape index (κ2) is 7.65. The van der Waals surface area contributed by atoms with Crippen LogP contribution in [0.3, 0.4) is 0 Å². The lowest BCUT2D eigenvalue weighted by molar-refractivity contribution is -0.0997. The SMILES string of the molecule is COC12CC3CC(CC(C3)C1=Cc1cccc(OP(=O)(O)OCCC#N)c1)C2. The van der Waals surface area contributed by atoms with Crippen LogP contribution < -0.4 is 4.52 Å². The van der Waals surface area contributed by atoms with Crippen LogP contribution in [-0.4, -0.2) is 24.2 Å². The molecule has 28 heavy (non-hydrogen) atoms. The Balaban J connectivity index is 1.55. The van der Waals surface area contributed by atoms with E-state index in [1.165, 1.54) is 24.8 Å². The first-order valence-electron chi connectivity index (χ1n) is 9.84. The molecule has 0 saturated heterocycles. The second-order valence-electron chi connectivity index (χ2n) is 8.22. The van der Waals surface area contributed by atoms with E-state index < -0.39 is 7.82 Å². The molecular weight excluding hydrogens is 377 g/mol. The molecule has 5 rings (SSSR count). The van der Waals surface area contributed by atoms with E-state index in [4.69, 9.17) is 19.0 Å². The van der Waals surface area contributed by atoms with Crippen LogP contribution in [-0.2, 0) is 13.8 Å². The van der Waals surface area contributed by atoms with Crippen LogP contribution in [0, 0.1) is 29.1 Å². The van der Waals surface area contributed by atoms with Crippen LogP contribution in [0.2, 0.25) is 0 Å². The predicted molar refractivity (Wildman–Crippen MR) is 104 cm³/mol. The lowest BCUT2D eigenvalue weighted by Crippen LogP contribution is -2.53. The summed E-state index contributed by atoms with van der Waals surface area (Å²) >= 11 is 0. The summed E-state index contributed by atoms with van der Waals surface area (Å²) in [4.78, 5) is 9.82. The molecule has 0 radical (unpaired) electrons. The highest BCUT2D eigenvalue weighted by Crippen LogP contribution is 2.60. The van der Waals surface area contributed by atoms with Crippen molar-refractivity contribution in [3.8, 4) is 11.8 Å². The third-order valence-corrected chi connectivity index (χ3v) is 7.32. The van der Waals surface area contributed by atoms with Crippen molar-refractivity contribution in [2.24, 2.45) is 17.8 Å². The number of rotatable bonds is 7. The minimum absolute atomic E-state index is 0.0303. The van der Waals surface area contributed by atoms with Crippen molar-refractivity contribution in [1.29, 1.82) is 5.26 Å². The number of benzene rings is 1. The maximum atomic E-state index is 12.0. The Bertz CT molecular complexity index is 847. The van der Waals surface area contributed by atoms with Crippen LogP contribution in [0.4, 0.5) is 0 Å². The van der Waals surface area contributed by atoms with Crippen LogP contribution in [0.15, 0.2) is 29.8 Å². The summed E-state index contributed by atoms with van der Waals surface area (Å²) in [7, 11) is -2.42. The largest absolute Gasteiger partial charge is 0.527 e. The van der Waals surface area contributed by atoms with Crippen molar-refractivity contribution in [1.82, 2.24) is 0 Å². The van der Waals surface area contributed by atoms with E-state index in [-0.39, 0.29) is 24.4 Å². The molecule has 0 aliphatic heterocycles. The van der Waals surface area contributed by atoms with E-state index in [9.17, 15) is 9.46 Å². The number of hydrogen-bond acceptors (Lipinski definition) is 5. The van der Waals surface area contributed by atoms with Gasteiger partial charge in [0.05, 0.1) is 24.7 Å². The summed E-state index contributed by atoms with van der Waals surface area (Å²) in [6.07, 6.45) is 8.22. The van der Waals surface area contributed by atoms with E-state index in [1.54, 1.807) is 18.2 Å². The zero-order valence-corrected chi connectivity index (χ0v) is 16.9. The van der Waals surface area contributed by atoms with Crippen molar-refractivity contribution < 1.29 is 23.2 Å². The zero-order valence-electron chi connectivity index (χ0n) is 16.0. The molecule has 4 fully saturated rings. The first kappa shape index (κ1) is 19.7. The monoisotopic (exact) mass is 403 g/mol. The van der Waals surface area contributed by atoms with Crippen molar-refractivity contribution in [2.75, 3.05) is 13.7 Å². The molecule has 0 spiro atoms. The average Bonchev–Trinajstić information content (AvgIpc) is 2.64. The number of phosphoric ester groups is 1. The topological polar surface area (TPSA) is 88.8 Å². The van der Waals surface area contributed by atoms with Gasteiger partial charge in [0.1, 0.15) is 5.75 Å². The van der Waals surface area contributed by atoms with Gasteiger partial charge in [0.15, 0.2) is 0 Å². The van der Waals surface area contributed by atoms with Gasteiger partial charge in [-0.05, 0) is 73.1 Å². The van der Waals surface area contributed by atoms with Gasteiger partial charge >= 0.3 is 7.82 Å². The lowest BCUT2D eigenvalue weighted by atomic mass is 9.52. The van der Waals surface area contributed by atoms with Crippen LogP contribution >= 0.6 is 7.82 Å². The minimum Gasteiger partial charge on any atom is -0.404 e. The first-order valence-corrected chi connectivity index (χ1v) is 11.3. The molecule has 4 aliphatic carbocycles. The molecule has 6 nitrogen and oxygen atoms in total. The molecule has 1 N–H and O–H groups in total. The summed E-state index contributed by atoms with van der Waals surface area (Å²) in [5, 5.41) is 8.51. The third kappa shape index (κ3) is 3.90. The minimum atomic E-state index is -4.24. The lowest BCUT2D eigenvalue weighted by Gasteiger charge is -2.57. The van der Waals surface area contributed by atoms with E-state index in [0.717, 1.165) is 30.2 Å². The highest BCUT2D eigenvalue weighted by atomic mass is 31.2. The van der Waals surface area contributed by atoms with Crippen LogP contribution in [0.5, 0.6) is 5.75 Å². The van der Waals surface area contributed by atoms with Gasteiger partial charge in [-0.3, -0.25) is 9.42 Å². The van der Waals surface area contributed by atoms with E-state index >= 15 is 0 Å². The molecule has 0 amide bonds. The number of nitrogens with zero attached hydrogens (tertiary/aromatic N) is 1. The van der Waals surface area contributed by atoms with Gasteiger partial charge in [0, 0.05) is 7.11 Å². The van der Waals surface area contributed by atoms with Gasteiger partial charge in [-0.25, -0.2) is 4.57 Å². The van der Waals surface area contributed by atoms with Crippen LogP contribution in [0.25, 0.3) is 6.08 Å². The molecule has 3 atom stereocenters. The van der Waals surface area contributed by atoms with Gasteiger partial charge in [0.2, 0.25) is 0 Å². The standard InChI is InChI=1S/C21H26NO5P/c1-25-21-13-16-8-17(14-21)10-18(9-16)20(21)12-15-4-2-5-19(11-15)27-28(23,24)26-7-3-6-22/h2,4-5,11-12,16-18H,3,7-10,13-14H2,1H3,(H,23,24). The highest BCUT2D eigenvalue weighted by molar-refractivity contribution is 7.47. The molecule has 1 aromatic carbocycles. The molecule has 4 aliphatic rings. The Labute approximate surface area is 165 Å². The molecule has 0 aromatic heterocycles. The Hall–Kier alpha value is -1.64. The summed E-state index contributed by atoms with van der Waals surface area (Å²) in [6, 6.07) is 9.00. The molecule has 0 heterocycles. The molecule has 4 bridgehead atoms. The second-order valence-corrected chi connectivity index (χ2v) is 9.59. The molecule has 150 valence electrons. The average molecular weight is 403 g/mol. The Kier molecular flexibility index (Phi) is 5.37. The molecule has 1 aromatic rings. The first-order chi connectivity index (χ1) is 13.4. The Morgan fingerprint density at radius 2 is 2.07 bits per heavy atom. The predicted octanol–water partition coefficient (Wildman–Crippen LogP) is 4.70. The number of methoxy groups -OCH3 is 1. The van der Waals surface area contributed by atoms with Crippen LogP contribution in [0.1, 0.15) is 44.1 Å². The van der Waals surface area contributed by atoms with Gasteiger partial charge in [0.25, 0.3) is 0 Å². The highest BCUT2D eigenvalue weighted by Gasteiger charge is 2.54. The fourth-order valence-corrected chi connectivity index (χ4v) is 6.27. The number of ether oxygens (including phenoxy) is 1. The van der Waals surface area contributed by atoms with Crippen molar-refractivity contribution >= 4 is 13.9 Å². The fourth-order valence-electron chi connectivity index (χ4n) is 5.52. The van der Waals surface area contributed by atoms with Crippen molar-refractivity contribution in [3.63, 3.8) is 0 Å². The summed E-state index contributed by atoms with van der Waals surface area (Å²) < 4.78 is 28.1. The van der Waals surface area contributed by atoms with Crippen molar-refractivity contribution in [3.05, 3.63) is 35.4 Å². The van der Waals surface area contributed by atoms with E-state index in [1.807, 2.05) is 19.2 Å². The Morgan fingerprint density at radius 1 is 1.32 bits per heavy atom. The molecule has 3 unspecified atom stereocenters. The fraction of sp³-hybridized carbons (Fsp3) is 0.571. The normalized spacial score (nSPS) is 34.2. The number of hydrogen-bond donors (Lipinski definition) is 1. The Morgan fingerprint density at radius 3 is 2.75 bits per heavy atom. The quantitative estimate of drug-likeness (QED) is 0.524. The molecule has 4 saturated carbocycles. The zero-order chi connectivity index (χ0) is 19.8. The van der Waals surface area contributed by atoms with Gasteiger partial charge in [-0.15, -0.1) is 0 Å². The summed E-state index contributed by atoms with van der Waals surface area (Å²) in [5.41, 5.74) is 2.13. The van der Waals surface area contributed by atoms with Gasteiger partial charge < -0.3 is 9.26 Å². The molecular formula is C21H26NO5P.